The summed E-state index contributed by atoms with van der Waals surface area (Å²) in [6.45, 7) is 5.85. The Labute approximate surface area is 67.6 Å². The Morgan fingerprint density at radius 1 is 1.36 bits per heavy atom. The van der Waals surface area contributed by atoms with Gasteiger partial charge in [-0.05, 0) is 19.8 Å². The minimum Gasteiger partial charge on any atom is -0.566 e. The van der Waals surface area contributed by atoms with Gasteiger partial charge in [-0.15, -0.1) is 0 Å². The van der Waals surface area contributed by atoms with Crippen LogP contribution < -0.4 is 5.39 Å². The topological polar surface area (TPSA) is 46.0 Å². The van der Waals surface area contributed by atoms with E-state index in [4.69, 9.17) is 4.84 Å². The highest BCUT2D eigenvalue weighted by Gasteiger charge is 2.25. The second-order valence-corrected chi connectivity index (χ2v) is 2.71. The summed E-state index contributed by atoms with van der Waals surface area (Å²) in [6, 6.07) is 0. The number of rotatable bonds is 5. The summed E-state index contributed by atoms with van der Waals surface area (Å²) in [5.74, 6) is 0. The van der Waals surface area contributed by atoms with E-state index in [0.29, 0.717) is 0 Å². The van der Waals surface area contributed by atoms with Gasteiger partial charge >= 0.3 is 0 Å². The standard InChI is InChI=1S/C7H17NO3/c1-5-7(3,6-2)11-8(9)10-4/h8H,5-6H2,1-4H3. The van der Waals surface area contributed by atoms with Crippen molar-refractivity contribution in [2.24, 2.45) is 0 Å². The van der Waals surface area contributed by atoms with Crippen LogP contribution in [0.5, 0.6) is 0 Å². The van der Waals surface area contributed by atoms with Crippen molar-refractivity contribution in [3.63, 3.8) is 0 Å². The zero-order valence-electron chi connectivity index (χ0n) is 7.64. The molecule has 0 fully saturated rings. The Morgan fingerprint density at radius 2 is 1.82 bits per heavy atom. The molecule has 0 aromatic carbocycles. The molecule has 0 bridgehead atoms. The van der Waals surface area contributed by atoms with Crippen LogP contribution in [0.2, 0.25) is 0 Å². The summed E-state index contributed by atoms with van der Waals surface area (Å²) in [7, 11) is 1.31. The van der Waals surface area contributed by atoms with Gasteiger partial charge in [-0.3, -0.25) is 0 Å². The van der Waals surface area contributed by atoms with Crippen molar-refractivity contribution in [2.45, 2.75) is 39.2 Å². The normalized spacial score (nSPS) is 15.0. The average Bonchev–Trinajstić information content (AvgIpc) is 2.04. The van der Waals surface area contributed by atoms with Gasteiger partial charge in [0.1, 0.15) is 5.60 Å². The van der Waals surface area contributed by atoms with Crippen LogP contribution in [0.15, 0.2) is 0 Å². The van der Waals surface area contributed by atoms with Crippen molar-refractivity contribution < 1.29 is 15.1 Å². The van der Waals surface area contributed by atoms with Crippen LogP contribution in [0.3, 0.4) is 0 Å². The van der Waals surface area contributed by atoms with Gasteiger partial charge in [0.2, 0.25) is 0 Å². The molecule has 1 unspecified atom stereocenters. The third-order valence-electron chi connectivity index (χ3n) is 1.99. The van der Waals surface area contributed by atoms with E-state index in [-0.39, 0.29) is 5.60 Å². The number of hydrogen-bond donors (Lipinski definition) is 1. The molecule has 1 N–H and O–H groups in total. The van der Waals surface area contributed by atoms with Gasteiger partial charge in [-0.1, -0.05) is 19.2 Å². The van der Waals surface area contributed by atoms with Crippen LogP contribution in [0.4, 0.5) is 0 Å². The van der Waals surface area contributed by atoms with E-state index in [1.54, 1.807) is 0 Å². The molecule has 0 heterocycles. The summed E-state index contributed by atoms with van der Waals surface area (Å²) in [4.78, 5) is 9.41. The lowest BCUT2D eigenvalue weighted by Gasteiger charge is -2.28. The second kappa shape index (κ2) is 4.66. The highest BCUT2D eigenvalue weighted by Crippen LogP contribution is 2.15. The lowest BCUT2D eigenvalue weighted by molar-refractivity contribution is -1.21. The molecule has 1 atom stereocenters. The predicted molar refractivity (Wildman–Crippen MR) is 41.4 cm³/mol. The van der Waals surface area contributed by atoms with Gasteiger partial charge in [0.05, 0.1) is 7.11 Å². The van der Waals surface area contributed by atoms with E-state index in [9.17, 15) is 5.21 Å². The third-order valence-corrected chi connectivity index (χ3v) is 1.99. The van der Waals surface area contributed by atoms with Crippen LogP contribution in [-0.2, 0) is 9.68 Å². The molecule has 0 radical (unpaired) electrons. The summed E-state index contributed by atoms with van der Waals surface area (Å²) in [5, 5.41) is 10.1. The van der Waals surface area contributed by atoms with Gasteiger partial charge in [0.15, 0.2) is 0 Å². The Morgan fingerprint density at radius 3 is 2.09 bits per heavy atom. The third kappa shape index (κ3) is 3.67. The maximum absolute atomic E-state index is 10.7. The zero-order valence-corrected chi connectivity index (χ0v) is 7.64. The van der Waals surface area contributed by atoms with Crippen molar-refractivity contribution in [3.05, 3.63) is 5.21 Å². The number of nitrogens with one attached hydrogen (secondary N) is 1. The van der Waals surface area contributed by atoms with Gasteiger partial charge in [0.25, 0.3) is 0 Å². The van der Waals surface area contributed by atoms with Crippen LogP contribution in [-0.4, -0.2) is 12.7 Å². The molecule has 68 valence electrons. The molecule has 0 aromatic heterocycles. The van der Waals surface area contributed by atoms with E-state index < -0.39 is 5.39 Å². The van der Waals surface area contributed by atoms with Crippen molar-refractivity contribution >= 4 is 0 Å². The summed E-state index contributed by atoms with van der Waals surface area (Å²) in [5.41, 5.74) is -0.368. The fraction of sp³-hybridized carbons (Fsp3) is 1.00. The van der Waals surface area contributed by atoms with E-state index in [2.05, 4.69) is 4.84 Å². The fourth-order valence-electron chi connectivity index (χ4n) is 0.637. The van der Waals surface area contributed by atoms with Gasteiger partial charge in [0, 0.05) is 0 Å². The molecule has 0 aliphatic carbocycles. The lowest BCUT2D eigenvalue weighted by Crippen LogP contribution is -3.06. The van der Waals surface area contributed by atoms with Gasteiger partial charge in [-0.25, -0.2) is 0 Å². The number of hydrogen-bond acceptors (Lipinski definition) is 3. The fourth-order valence-corrected chi connectivity index (χ4v) is 0.637. The minimum atomic E-state index is -0.601. The van der Waals surface area contributed by atoms with E-state index in [0.717, 1.165) is 12.8 Å². The van der Waals surface area contributed by atoms with Crippen molar-refractivity contribution in [2.75, 3.05) is 7.11 Å². The van der Waals surface area contributed by atoms with Crippen molar-refractivity contribution in [3.8, 4) is 0 Å². The molecular weight excluding hydrogens is 146 g/mol. The molecule has 0 saturated carbocycles. The van der Waals surface area contributed by atoms with Crippen LogP contribution in [0.25, 0.3) is 0 Å². The van der Waals surface area contributed by atoms with Crippen LogP contribution >= 0.6 is 0 Å². The average molecular weight is 163 g/mol. The van der Waals surface area contributed by atoms with Gasteiger partial charge < -0.3 is 5.21 Å². The largest absolute Gasteiger partial charge is 0.566 e. The molecule has 4 heteroatoms. The molecule has 0 rings (SSSR count). The van der Waals surface area contributed by atoms with E-state index >= 15 is 0 Å². The Bertz CT molecular complexity index is 104. The predicted octanol–water partition coefficient (Wildman–Crippen LogP) is 0.441. The first-order valence-electron chi connectivity index (χ1n) is 3.85. The summed E-state index contributed by atoms with van der Waals surface area (Å²) < 4.78 is 0. The van der Waals surface area contributed by atoms with Crippen LogP contribution in [0, 0.1) is 5.21 Å². The maximum Gasteiger partial charge on any atom is 0.128 e. The number of quaternary nitrogens is 1. The van der Waals surface area contributed by atoms with Crippen LogP contribution in [0.1, 0.15) is 33.6 Å². The Balaban J connectivity index is 3.86. The molecule has 0 aliphatic heterocycles. The highest BCUT2D eigenvalue weighted by atomic mass is 17.1. The summed E-state index contributed by atoms with van der Waals surface area (Å²) in [6.07, 6.45) is 1.61. The second-order valence-electron chi connectivity index (χ2n) is 2.71. The van der Waals surface area contributed by atoms with Crippen molar-refractivity contribution in [1.29, 1.82) is 0 Å². The molecule has 0 amide bonds. The molecule has 0 aliphatic rings. The zero-order chi connectivity index (χ0) is 8.91. The maximum atomic E-state index is 10.7. The lowest BCUT2D eigenvalue weighted by atomic mass is 10.0. The van der Waals surface area contributed by atoms with Crippen molar-refractivity contribution in [1.82, 2.24) is 0 Å². The molecule has 0 saturated heterocycles. The first-order valence-corrected chi connectivity index (χ1v) is 3.85. The van der Waals surface area contributed by atoms with Gasteiger partial charge in [-0.2, -0.15) is 9.68 Å². The first-order chi connectivity index (χ1) is 5.08. The van der Waals surface area contributed by atoms with E-state index in [1.807, 2.05) is 20.8 Å². The first kappa shape index (κ1) is 10.8. The monoisotopic (exact) mass is 163 g/mol. The van der Waals surface area contributed by atoms with E-state index in [1.165, 1.54) is 7.11 Å². The summed E-state index contributed by atoms with van der Waals surface area (Å²) >= 11 is 0. The minimum absolute atomic E-state index is 0.368. The molecule has 11 heavy (non-hydrogen) atoms. The molecule has 0 spiro atoms. The molecule has 4 nitrogen and oxygen atoms in total. The SMILES string of the molecule is CCC(C)(CC)O[NH+]([O-])OC. The quantitative estimate of drug-likeness (QED) is 0.598. The Hall–Kier alpha value is -0.160. The Kier molecular flexibility index (Phi) is 4.60. The highest BCUT2D eigenvalue weighted by molar-refractivity contribution is 4.67. The smallest absolute Gasteiger partial charge is 0.128 e. The molecular formula is C7H17NO3. The molecule has 0 aromatic rings.